The van der Waals surface area contributed by atoms with E-state index in [9.17, 15) is 0 Å². The van der Waals surface area contributed by atoms with Gasteiger partial charge in [-0.15, -0.1) is 0 Å². The predicted molar refractivity (Wildman–Crippen MR) is 54.3 cm³/mol. The predicted octanol–water partition coefficient (Wildman–Crippen LogP) is 2.95. The van der Waals surface area contributed by atoms with E-state index in [-0.39, 0.29) is 0 Å². The topological polar surface area (TPSA) is 12.0 Å². The molecule has 1 N–H and O–H groups in total. The van der Waals surface area contributed by atoms with Gasteiger partial charge in [0.1, 0.15) is 0 Å². The van der Waals surface area contributed by atoms with Crippen LogP contribution in [0.3, 0.4) is 0 Å². The Bertz CT molecular complexity index is 140. The second-order valence-electron chi connectivity index (χ2n) is 5.02. The normalized spacial score (nSPS) is 22.0. The second-order valence-corrected chi connectivity index (χ2v) is 5.02. The van der Waals surface area contributed by atoms with Crippen molar-refractivity contribution in [1.29, 1.82) is 0 Å². The van der Waals surface area contributed by atoms with Crippen LogP contribution in [0, 0.1) is 5.41 Å². The molecule has 1 saturated carbocycles. The Morgan fingerprint density at radius 1 is 1.33 bits per heavy atom. The van der Waals surface area contributed by atoms with Crippen LogP contribution in [0.1, 0.15) is 52.9 Å². The molecule has 0 bridgehead atoms. The van der Waals surface area contributed by atoms with E-state index in [2.05, 4.69) is 33.1 Å². The Kier molecular flexibility index (Phi) is 2.82. The van der Waals surface area contributed by atoms with Crippen molar-refractivity contribution < 1.29 is 0 Å². The highest BCUT2D eigenvalue weighted by atomic mass is 14.9. The summed E-state index contributed by atoms with van der Waals surface area (Å²) >= 11 is 0. The van der Waals surface area contributed by atoms with E-state index >= 15 is 0 Å². The maximum absolute atomic E-state index is 3.40. The lowest BCUT2D eigenvalue weighted by Gasteiger charge is -2.46. The average Bonchev–Trinajstić information content (AvgIpc) is 1.97. The highest BCUT2D eigenvalue weighted by Crippen LogP contribution is 2.48. The molecule has 0 aromatic heterocycles. The largest absolute Gasteiger partial charge is 0.315 e. The van der Waals surface area contributed by atoms with E-state index in [4.69, 9.17) is 0 Å². The summed E-state index contributed by atoms with van der Waals surface area (Å²) < 4.78 is 0. The molecule has 0 aromatic rings. The minimum atomic E-state index is 0.330. The first kappa shape index (κ1) is 10.0. The smallest absolute Gasteiger partial charge is 0.0127 e. The average molecular weight is 169 g/mol. The lowest BCUT2D eigenvalue weighted by molar-refractivity contribution is 0.0771. The van der Waals surface area contributed by atoms with Crippen molar-refractivity contribution in [2.24, 2.45) is 5.41 Å². The summed E-state index contributed by atoms with van der Waals surface area (Å²) in [6.07, 6.45) is 7.06. The van der Waals surface area contributed by atoms with Gasteiger partial charge in [-0.3, -0.25) is 0 Å². The summed E-state index contributed by atoms with van der Waals surface area (Å²) in [5.74, 6) is 0. The molecule has 1 heteroatoms. The number of hydrogen-bond acceptors (Lipinski definition) is 1. The van der Waals surface area contributed by atoms with E-state index < -0.39 is 0 Å². The summed E-state index contributed by atoms with van der Waals surface area (Å²) in [6, 6.07) is 0. The molecule has 0 spiro atoms. The highest BCUT2D eigenvalue weighted by molar-refractivity contribution is 4.93. The highest BCUT2D eigenvalue weighted by Gasteiger charge is 2.39. The number of rotatable bonds is 4. The molecule has 0 saturated heterocycles. The lowest BCUT2D eigenvalue weighted by Crippen LogP contribution is -2.44. The van der Waals surface area contributed by atoms with Crippen LogP contribution in [0.25, 0.3) is 0 Å². The summed E-state index contributed by atoms with van der Waals surface area (Å²) in [5.41, 5.74) is 1.02. The molecule has 0 radical (unpaired) electrons. The van der Waals surface area contributed by atoms with Crippen LogP contribution < -0.4 is 5.32 Å². The Labute approximate surface area is 76.9 Å². The molecular formula is C11H23N. The van der Waals surface area contributed by atoms with Crippen LogP contribution in [-0.2, 0) is 0 Å². The zero-order valence-corrected chi connectivity index (χ0v) is 9.04. The van der Waals surface area contributed by atoms with Crippen LogP contribution in [-0.4, -0.2) is 12.6 Å². The van der Waals surface area contributed by atoms with Gasteiger partial charge in [0.2, 0.25) is 0 Å². The maximum Gasteiger partial charge on any atom is 0.0127 e. The van der Waals surface area contributed by atoms with Gasteiger partial charge < -0.3 is 5.32 Å². The van der Waals surface area contributed by atoms with Crippen molar-refractivity contribution in [3.05, 3.63) is 0 Å². The van der Waals surface area contributed by atoms with Crippen LogP contribution >= 0.6 is 0 Å². The Balaban J connectivity index is 2.47. The first-order chi connectivity index (χ1) is 5.54. The zero-order chi connectivity index (χ0) is 9.24. The summed E-state index contributed by atoms with van der Waals surface area (Å²) in [5, 5.41) is 3.40. The fraction of sp³-hybridized carbons (Fsp3) is 1.00. The van der Waals surface area contributed by atoms with E-state index in [1.165, 1.54) is 32.1 Å². The number of nitrogens with one attached hydrogen (secondary N) is 1. The molecule has 0 heterocycles. The molecule has 0 aromatic carbocycles. The fourth-order valence-corrected chi connectivity index (χ4v) is 2.36. The molecule has 1 rings (SSSR count). The Morgan fingerprint density at radius 3 is 2.17 bits per heavy atom. The van der Waals surface area contributed by atoms with Crippen LogP contribution in [0.2, 0.25) is 0 Å². The van der Waals surface area contributed by atoms with Gasteiger partial charge >= 0.3 is 0 Å². The SMILES string of the molecule is CCC1(CC(C)(C)NC)CCC1. The molecule has 0 atom stereocenters. The third-order valence-corrected chi connectivity index (χ3v) is 3.66. The molecule has 1 fully saturated rings. The van der Waals surface area contributed by atoms with Crippen LogP contribution in [0.5, 0.6) is 0 Å². The van der Waals surface area contributed by atoms with Gasteiger partial charge in [-0.2, -0.15) is 0 Å². The molecule has 1 aliphatic rings. The zero-order valence-electron chi connectivity index (χ0n) is 9.04. The maximum atomic E-state index is 3.40. The van der Waals surface area contributed by atoms with Gasteiger partial charge in [0.15, 0.2) is 0 Å². The first-order valence-electron chi connectivity index (χ1n) is 5.22. The third kappa shape index (κ3) is 2.01. The van der Waals surface area contributed by atoms with Crippen molar-refractivity contribution in [2.75, 3.05) is 7.05 Å². The van der Waals surface area contributed by atoms with E-state index in [0.29, 0.717) is 11.0 Å². The standard InChI is InChI=1S/C11H23N/c1-5-11(7-6-8-11)9-10(2,3)12-4/h12H,5-9H2,1-4H3. The monoisotopic (exact) mass is 169 g/mol. The third-order valence-electron chi connectivity index (χ3n) is 3.66. The van der Waals surface area contributed by atoms with Crippen molar-refractivity contribution >= 4 is 0 Å². The minimum Gasteiger partial charge on any atom is -0.315 e. The first-order valence-corrected chi connectivity index (χ1v) is 5.22. The molecule has 1 nitrogen and oxygen atoms in total. The van der Waals surface area contributed by atoms with E-state index in [1.807, 2.05) is 0 Å². The van der Waals surface area contributed by atoms with Gasteiger partial charge in [0.25, 0.3) is 0 Å². The van der Waals surface area contributed by atoms with Gasteiger partial charge in [-0.05, 0) is 45.6 Å². The fourth-order valence-electron chi connectivity index (χ4n) is 2.36. The molecule has 0 aliphatic heterocycles. The minimum absolute atomic E-state index is 0.330. The van der Waals surface area contributed by atoms with Crippen molar-refractivity contribution in [1.82, 2.24) is 5.32 Å². The molecule has 72 valence electrons. The van der Waals surface area contributed by atoms with Gasteiger partial charge in [-0.1, -0.05) is 19.8 Å². The Hall–Kier alpha value is -0.0400. The summed E-state index contributed by atoms with van der Waals surface area (Å²) in [4.78, 5) is 0. The van der Waals surface area contributed by atoms with Gasteiger partial charge in [0, 0.05) is 5.54 Å². The van der Waals surface area contributed by atoms with Crippen molar-refractivity contribution in [2.45, 2.75) is 58.4 Å². The summed E-state index contributed by atoms with van der Waals surface area (Å²) in [7, 11) is 2.07. The van der Waals surface area contributed by atoms with Crippen LogP contribution in [0.15, 0.2) is 0 Å². The second kappa shape index (κ2) is 3.37. The summed E-state index contributed by atoms with van der Waals surface area (Å²) in [6.45, 7) is 6.95. The molecule has 0 unspecified atom stereocenters. The molecule has 1 aliphatic carbocycles. The molecule has 0 amide bonds. The quantitative estimate of drug-likeness (QED) is 0.682. The van der Waals surface area contributed by atoms with Crippen LogP contribution in [0.4, 0.5) is 0 Å². The molecule has 12 heavy (non-hydrogen) atoms. The van der Waals surface area contributed by atoms with Crippen molar-refractivity contribution in [3.63, 3.8) is 0 Å². The number of hydrogen-bond donors (Lipinski definition) is 1. The van der Waals surface area contributed by atoms with E-state index in [0.717, 1.165) is 0 Å². The Morgan fingerprint density at radius 2 is 1.92 bits per heavy atom. The van der Waals surface area contributed by atoms with Gasteiger partial charge in [-0.25, -0.2) is 0 Å². The van der Waals surface area contributed by atoms with E-state index in [1.54, 1.807) is 0 Å². The van der Waals surface area contributed by atoms with Crippen molar-refractivity contribution in [3.8, 4) is 0 Å². The van der Waals surface area contributed by atoms with Gasteiger partial charge in [0.05, 0.1) is 0 Å². The lowest BCUT2D eigenvalue weighted by atomic mass is 9.62. The molecular weight excluding hydrogens is 146 g/mol.